The highest BCUT2D eigenvalue weighted by molar-refractivity contribution is 7.92. The van der Waals surface area contributed by atoms with Gasteiger partial charge in [-0.15, -0.1) is 0 Å². The molecule has 0 aliphatic heterocycles. The van der Waals surface area contributed by atoms with E-state index in [9.17, 15) is 8.42 Å². The molecule has 0 radical (unpaired) electrons. The maximum atomic E-state index is 12.2. The third-order valence-corrected chi connectivity index (χ3v) is 4.96. The summed E-state index contributed by atoms with van der Waals surface area (Å²) in [5.41, 5.74) is 0.483. The van der Waals surface area contributed by atoms with Gasteiger partial charge in [-0.05, 0) is 36.4 Å². The lowest BCUT2D eigenvalue weighted by molar-refractivity contribution is 0.601. The van der Waals surface area contributed by atoms with Crippen LogP contribution in [0.15, 0.2) is 41.3 Å². The zero-order valence-electron chi connectivity index (χ0n) is 10.3. The highest BCUT2D eigenvalue weighted by Gasteiger charge is 2.17. The zero-order valence-corrected chi connectivity index (χ0v) is 13.4. The van der Waals surface area contributed by atoms with E-state index in [0.717, 1.165) is 0 Å². The van der Waals surface area contributed by atoms with Gasteiger partial charge in [0.1, 0.15) is 0 Å². The molecule has 8 heteroatoms. The Morgan fingerprint density at radius 3 is 2.10 bits per heavy atom. The Bertz CT molecular complexity index is 828. The molecule has 1 N–H and O–H groups in total. The summed E-state index contributed by atoms with van der Waals surface area (Å²) in [6.07, 6.45) is 0. The minimum Gasteiger partial charge on any atom is -0.278 e. The predicted molar refractivity (Wildman–Crippen MR) is 83.4 cm³/mol. The van der Waals surface area contributed by atoms with Gasteiger partial charge in [-0.1, -0.05) is 34.8 Å². The fourth-order valence-corrected chi connectivity index (χ4v) is 3.23. The molecule has 0 aliphatic carbocycles. The lowest BCUT2D eigenvalue weighted by Gasteiger charge is -2.10. The van der Waals surface area contributed by atoms with Crippen molar-refractivity contribution in [3.05, 3.63) is 57.0 Å². The van der Waals surface area contributed by atoms with E-state index in [1.807, 2.05) is 6.07 Å². The molecule has 4 nitrogen and oxygen atoms in total. The molecular weight excluding hydrogens is 355 g/mol. The van der Waals surface area contributed by atoms with E-state index in [1.165, 1.54) is 36.4 Å². The summed E-state index contributed by atoms with van der Waals surface area (Å²) in [6.45, 7) is 0. The lowest BCUT2D eigenvalue weighted by atomic mass is 10.2. The summed E-state index contributed by atoms with van der Waals surface area (Å²) in [6, 6.07) is 10.1. The molecule has 2 aromatic carbocycles. The van der Waals surface area contributed by atoms with Crippen molar-refractivity contribution in [3.8, 4) is 6.07 Å². The average molecular weight is 362 g/mol. The SMILES string of the molecule is N#Cc1ccc(S(=O)(=O)Nc2cc(Cl)c(Cl)cc2Cl)cc1. The summed E-state index contributed by atoms with van der Waals surface area (Å²) >= 11 is 17.6. The number of nitrogens with one attached hydrogen (secondary N) is 1. The molecule has 21 heavy (non-hydrogen) atoms. The van der Waals surface area contributed by atoms with Crippen molar-refractivity contribution in [2.45, 2.75) is 4.90 Å². The van der Waals surface area contributed by atoms with E-state index < -0.39 is 10.0 Å². The molecule has 0 saturated carbocycles. The van der Waals surface area contributed by atoms with Gasteiger partial charge in [0.15, 0.2) is 0 Å². The van der Waals surface area contributed by atoms with Gasteiger partial charge in [-0.25, -0.2) is 8.42 Å². The van der Waals surface area contributed by atoms with Crippen LogP contribution < -0.4 is 4.72 Å². The molecule has 0 unspecified atom stereocenters. The van der Waals surface area contributed by atoms with Crippen molar-refractivity contribution >= 4 is 50.5 Å². The Morgan fingerprint density at radius 2 is 1.52 bits per heavy atom. The van der Waals surface area contributed by atoms with E-state index in [2.05, 4.69) is 4.72 Å². The van der Waals surface area contributed by atoms with Crippen LogP contribution in [-0.4, -0.2) is 8.42 Å². The minimum atomic E-state index is -3.84. The third kappa shape index (κ3) is 3.60. The highest BCUT2D eigenvalue weighted by Crippen LogP contribution is 2.33. The second kappa shape index (κ2) is 6.12. The summed E-state index contributed by atoms with van der Waals surface area (Å²) in [5, 5.41) is 9.23. The molecule has 0 spiro atoms. The maximum Gasteiger partial charge on any atom is 0.261 e. The fraction of sp³-hybridized carbons (Fsp3) is 0. The van der Waals surface area contributed by atoms with Crippen LogP contribution in [0.4, 0.5) is 5.69 Å². The molecule has 0 heterocycles. The summed E-state index contributed by atoms with van der Waals surface area (Å²) in [4.78, 5) is 0.00337. The molecular formula is C13H7Cl3N2O2S. The maximum absolute atomic E-state index is 12.2. The van der Waals surface area contributed by atoms with Gasteiger partial charge in [0.2, 0.25) is 0 Å². The molecule has 108 valence electrons. The van der Waals surface area contributed by atoms with Gasteiger partial charge < -0.3 is 0 Å². The number of hydrogen-bond acceptors (Lipinski definition) is 3. The van der Waals surface area contributed by atoms with Gasteiger partial charge in [-0.3, -0.25) is 4.72 Å². The number of anilines is 1. The van der Waals surface area contributed by atoms with Crippen molar-refractivity contribution in [2.24, 2.45) is 0 Å². The summed E-state index contributed by atoms with van der Waals surface area (Å²) < 4.78 is 26.8. The molecule has 0 fully saturated rings. The molecule has 0 bridgehead atoms. The van der Waals surface area contributed by atoms with Crippen molar-refractivity contribution in [3.63, 3.8) is 0 Å². The monoisotopic (exact) mass is 360 g/mol. The average Bonchev–Trinajstić information content (AvgIpc) is 2.44. The van der Waals surface area contributed by atoms with Crippen molar-refractivity contribution < 1.29 is 8.42 Å². The Morgan fingerprint density at radius 1 is 0.952 bits per heavy atom. The molecule has 0 saturated heterocycles. The number of benzene rings is 2. The number of halogens is 3. The van der Waals surface area contributed by atoms with Crippen LogP contribution in [-0.2, 0) is 10.0 Å². The Hall–Kier alpha value is -1.45. The smallest absolute Gasteiger partial charge is 0.261 e. The van der Waals surface area contributed by atoms with Gasteiger partial charge in [0, 0.05) is 0 Å². The molecule has 0 aliphatic rings. The first kappa shape index (κ1) is 15.9. The van der Waals surface area contributed by atoms with Crippen molar-refractivity contribution in [2.75, 3.05) is 4.72 Å². The normalized spacial score (nSPS) is 11.0. The van der Waals surface area contributed by atoms with Gasteiger partial charge in [0.25, 0.3) is 10.0 Å². The van der Waals surface area contributed by atoms with E-state index in [-0.39, 0.29) is 25.7 Å². The van der Waals surface area contributed by atoms with Crippen LogP contribution in [0.3, 0.4) is 0 Å². The van der Waals surface area contributed by atoms with Gasteiger partial charge in [-0.2, -0.15) is 5.26 Å². The van der Waals surface area contributed by atoms with Crippen molar-refractivity contribution in [1.29, 1.82) is 5.26 Å². The minimum absolute atomic E-state index is 0.00337. The first-order valence-corrected chi connectivity index (χ1v) is 8.13. The quantitative estimate of drug-likeness (QED) is 0.828. The Balaban J connectivity index is 2.37. The first-order valence-electron chi connectivity index (χ1n) is 5.51. The molecule has 0 aromatic heterocycles. The molecule has 2 aromatic rings. The number of rotatable bonds is 3. The van der Waals surface area contributed by atoms with Gasteiger partial charge in [0.05, 0.1) is 37.3 Å². The Labute approximate surface area is 136 Å². The second-order valence-electron chi connectivity index (χ2n) is 3.99. The highest BCUT2D eigenvalue weighted by atomic mass is 35.5. The van der Waals surface area contributed by atoms with Crippen LogP contribution in [0, 0.1) is 11.3 Å². The number of sulfonamides is 1. The molecule has 0 atom stereocenters. The Kier molecular flexibility index (Phi) is 4.64. The number of hydrogen-bond donors (Lipinski definition) is 1. The lowest BCUT2D eigenvalue weighted by Crippen LogP contribution is -2.13. The van der Waals surface area contributed by atoms with E-state index in [4.69, 9.17) is 40.1 Å². The van der Waals surface area contributed by atoms with Crippen LogP contribution in [0.5, 0.6) is 0 Å². The topological polar surface area (TPSA) is 70.0 Å². The predicted octanol–water partition coefficient (Wildman–Crippen LogP) is 4.32. The van der Waals surface area contributed by atoms with Crippen molar-refractivity contribution in [1.82, 2.24) is 0 Å². The van der Waals surface area contributed by atoms with Crippen LogP contribution in [0.25, 0.3) is 0 Å². The second-order valence-corrected chi connectivity index (χ2v) is 6.89. The largest absolute Gasteiger partial charge is 0.278 e. The number of nitrogens with zero attached hydrogens (tertiary/aromatic N) is 1. The third-order valence-electron chi connectivity index (χ3n) is 2.55. The van der Waals surface area contributed by atoms with E-state index in [0.29, 0.717) is 5.56 Å². The zero-order chi connectivity index (χ0) is 15.6. The van der Waals surface area contributed by atoms with Crippen LogP contribution >= 0.6 is 34.8 Å². The molecule has 2 rings (SSSR count). The standard InChI is InChI=1S/C13H7Cl3N2O2S/c14-10-5-12(16)13(6-11(10)15)18-21(19,20)9-3-1-8(7-17)2-4-9/h1-6,18H. The molecule has 0 amide bonds. The van der Waals surface area contributed by atoms with Crippen LogP contribution in [0.1, 0.15) is 5.56 Å². The van der Waals surface area contributed by atoms with Gasteiger partial charge >= 0.3 is 0 Å². The van der Waals surface area contributed by atoms with E-state index in [1.54, 1.807) is 0 Å². The van der Waals surface area contributed by atoms with E-state index >= 15 is 0 Å². The first-order chi connectivity index (χ1) is 9.83. The summed E-state index contributed by atoms with van der Waals surface area (Å²) in [5.74, 6) is 0. The van der Waals surface area contributed by atoms with Crippen LogP contribution in [0.2, 0.25) is 15.1 Å². The summed E-state index contributed by atoms with van der Waals surface area (Å²) in [7, 11) is -3.84. The fourth-order valence-electron chi connectivity index (χ4n) is 1.51. The number of nitriles is 1.